The highest BCUT2D eigenvalue weighted by Crippen LogP contribution is 2.43. The van der Waals surface area contributed by atoms with E-state index in [0.29, 0.717) is 23.9 Å². The van der Waals surface area contributed by atoms with E-state index < -0.39 is 0 Å². The molecule has 3 aromatic carbocycles. The molecule has 152 valence electrons. The average Bonchev–Trinajstić information content (AvgIpc) is 2.81. The number of hydrogen-bond acceptors (Lipinski definition) is 2. The number of rotatable bonds is 5. The van der Waals surface area contributed by atoms with Crippen LogP contribution >= 0.6 is 0 Å². The summed E-state index contributed by atoms with van der Waals surface area (Å²) in [5, 5.41) is 0. The Labute approximate surface area is 180 Å². The molecule has 2 heteroatoms. The second-order valence-corrected chi connectivity index (χ2v) is 8.85. The molecule has 0 spiro atoms. The van der Waals surface area contributed by atoms with Gasteiger partial charge in [-0.3, -0.25) is 9.89 Å². The fourth-order valence-corrected chi connectivity index (χ4v) is 5.50. The van der Waals surface area contributed by atoms with Gasteiger partial charge in [-0.15, -0.1) is 0 Å². The van der Waals surface area contributed by atoms with Gasteiger partial charge in [0, 0.05) is 18.2 Å². The second kappa shape index (κ2) is 8.57. The summed E-state index contributed by atoms with van der Waals surface area (Å²) < 4.78 is 0. The summed E-state index contributed by atoms with van der Waals surface area (Å²) in [6.45, 7) is 4.54. The van der Waals surface area contributed by atoms with Crippen molar-refractivity contribution in [3.8, 4) is 0 Å². The molecule has 2 atom stereocenters. The summed E-state index contributed by atoms with van der Waals surface area (Å²) in [6.07, 6.45) is 4.66. The molecule has 3 aromatic rings. The van der Waals surface area contributed by atoms with Crippen molar-refractivity contribution in [2.45, 2.75) is 37.8 Å². The normalized spacial score (nSPS) is 25.8. The number of hydrogen-bond donors (Lipinski definition) is 0. The number of aliphatic imine (C=N–C) groups is 1. The van der Waals surface area contributed by atoms with Crippen molar-refractivity contribution < 1.29 is 0 Å². The van der Waals surface area contributed by atoms with Crippen LogP contribution in [0.25, 0.3) is 0 Å². The highest BCUT2D eigenvalue weighted by Gasteiger charge is 2.46. The first-order valence-corrected chi connectivity index (χ1v) is 11.2. The van der Waals surface area contributed by atoms with Gasteiger partial charge in [-0.05, 0) is 55.5 Å². The van der Waals surface area contributed by atoms with E-state index in [9.17, 15) is 0 Å². The molecule has 0 N–H and O–H groups in total. The Bertz CT molecular complexity index is 948. The van der Waals surface area contributed by atoms with E-state index in [1.807, 2.05) is 0 Å². The minimum atomic E-state index is 0.332. The highest BCUT2D eigenvalue weighted by atomic mass is 15.2. The third kappa shape index (κ3) is 3.85. The van der Waals surface area contributed by atoms with Crippen LogP contribution in [0.4, 0.5) is 0 Å². The molecule has 0 unspecified atom stereocenters. The predicted molar refractivity (Wildman–Crippen MR) is 125 cm³/mol. The topological polar surface area (TPSA) is 15.6 Å². The van der Waals surface area contributed by atoms with Crippen molar-refractivity contribution >= 4 is 6.21 Å². The minimum absolute atomic E-state index is 0.332. The number of nitrogens with zero attached hydrogens (tertiary/aromatic N) is 2. The van der Waals surface area contributed by atoms with E-state index in [1.54, 1.807) is 0 Å². The Balaban J connectivity index is 1.55. The molecular formula is C28H30N2. The molecule has 3 aliphatic heterocycles. The lowest BCUT2D eigenvalue weighted by atomic mass is 9.71. The van der Waals surface area contributed by atoms with E-state index in [0.717, 1.165) is 0 Å². The van der Waals surface area contributed by atoms with Crippen LogP contribution in [0, 0.1) is 12.8 Å². The van der Waals surface area contributed by atoms with Crippen molar-refractivity contribution in [3.63, 3.8) is 0 Å². The maximum Gasteiger partial charge on any atom is 0.0693 e. The molecule has 6 rings (SSSR count). The smallest absolute Gasteiger partial charge is 0.0693 e. The molecule has 3 heterocycles. The maximum absolute atomic E-state index is 5.26. The minimum Gasteiger partial charge on any atom is -0.297 e. The SMILES string of the molecule is Cc1cccc(C=N[C@@H]2C3CCN(CC3)[C@H]2C(c2ccccc2)c2ccccc2)c1. The summed E-state index contributed by atoms with van der Waals surface area (Å²) in [5.41, 5.74) is 5.30. The summed E-state index contributed by atoms with van der Waals surface area (Å²) in [7, 11) is 0. The van der Waals surface area contributed by atoms with Crippen LogP contribution in [-0.4, -0.2) is 36.3 Å². The monoisotopic (exact) mass is 394 g/mol. The number of fused-ring (bicyclic) bond motifs is 3. The van der Waals surface area contributed by atoms with Gasteiger partial charge in [-0.2, -0.15) is 0 Å². The van der Waals surface area contributed by atoms with E-state index in [1.165, 1.54) is 48.2 Å². The molecular weight excluding hydrogens is 364 g/mol. The molecule has 30 heavy (non-hydrogen) atoms. The molecule has 0 saturated carbocycles. The van der Waals surface area contributed by atoms with Crippen molar-refractivity contribution in [3.05, 3.63) is 107 Å². The van der Waals surface area contributed by atoms with E-state index in [2.05, 4.69) is 103 Å². The van der Waals surface area contributed by atoms with Crippen LogP contribution < -0.4 is 0 Å². The largest absolute Gasteiger partial charge is 0.297 e. The number of benzene rings is 3. The van der Waals surface area contributed by atoms with E-state index in [4.69, 9.17) is 4.99 Å². The van der Waals surface area contributed by atoms with Crippen LogP contribution in [0.1, 0.15) is 41.0 Å². The van der Waals surface area contributed by atoms with Gasteiger partial charge < -0.3 is 0 Å². The fourth-order valence-electron chi connectivity index (χ4n) is 5.50. The maximum atomic E-state index is 5.26. The molecule has 2 nitrogen and oxygen atoms in total. The Hall–Kier alpha value is -2.71. The molecule has 3 saturated heterocycles. The van der Waals surface area contributed by atoms with Crippen LogP contribution in [0.2, 0.25) is 0 Å². The Morgan fingerprint density at radius 1 is 0.833 bits per heavy atom. The highest BCUT2D eigenvalue weighted by molar-refractivity contribution is 5.80. The van der Waals surface area contributed by atoms with Gasteiger partial charge in [0.2, 0.25) is 0 Å². The summed E-state index contributed by atoms with van der Waals surface area (Å²) >= 11 is 0. The predicted octanol–water partition coefficient (Wildman–Crippen LogP) is 5.71. The first-order chi connectivity index (χ1) is 14.8. The zero-order valence-corrected chi connectivity index (χ0v) is 17.7. The van der Waals surface area contributed by atoms with Crippen molar-refractivity contribution in [1.82, 2.24) is 4.90 Å². The van der Waals surface area contributed by atoms with Gasteiger partial charge in [-0.25, -0.2) is 0 Å². The first-order valence-electron chi connectivity index (χ1n) is 11.2. The molecule has 3 fully saturated rings. The van der Waals surface area contributed by atoms with Crippen LogP contribution in [-0.2, 0) is 0 Å². The average molecular weight is 395 g/mol. The van der Waals surface area contributed by atoms with Crippen LogP contribution in [0.15, 0.2) is 89.9 Å². The van der Waals surface area contributed by atoms with E-state index in [-0.39, 0.29) is 0 Å². The van der Waals surface area contributed by atoms with Gasteiger partial charge in [0.1, 0.15) is 0 Å². The molecule has 0 radical (unpaired) electrons. The van der Waals surface area contributed by atoms with Gasteiger partial charge in [0.15, 0.2) is 0 Å². The van der Waals surface area contributed by atoms with Gasteiger partial charge in [-0.1, -0.05) is 90.5 Å². The first kappa shape index (κ1) is 19.3. The molecule has 0 aliphatic carbocycles. The number of aryl methyl sites for hydroxylation is 1. The molecule has 3 aliphatic rings. The Morgan fingerprint density at radius 2 is 1.47 bits per heavy atom. The zero-order chi connectivity index (χ0) is 20.3. The van der Waals surface area contributed by atoms with Crippen molar-refractivity contribution in [1.29, 1.82) is 0 Å². The quantitative estimate of drug-likeness (QED) is 0.506. The van der Waals surface area contributed by atoms with E-state index >= 15 is 0 Å². The Morgan fingerprint density at radius 3 is 2.07 bits per heavy atom. The summed E-state index contributed by atoms with van der Waals surface area (Å²) in [6, 6.07) is 31.5. The lowest BCUT2D eigenvalue weighted by molar-refractivity contribution is 0.0215. The standard InChI is InChI=1S/C28H30N2/c1-21-9-8-10-22(19-21)20-29-27-25-15-17-30(18-16-25)28(27)26(23-11-4-2-5-12-23)24-13-6-3-7-14-24/h2-14,19-20,25-28H,15-18H2,1H3/t27-,28+/m1/s1. The third-order valence-corrected chi connectivity index (χ3v) is 6.93. The van der Waals surface area contributed by atoms with Gasteiger partial charge >= 0.3 is 0 Å². The molecule has 0 aromatic heterocycles. The third-order valence-electron chi connectivity index (χ3n) is 6.93. The van der Waals surface area contributed by atoms with Gasteiger partial charge in [0.05, 0.1) is 6.04 Å². The van der Waals surface area contributed by atoms with Crippen molar-refractivity contribution in [2.75, 3.05) is 13.1 Å². The summed E-state index contributed by atoms with van der Waals surface area (Å²) in [4.78, 5) is 7.98. The zero-order valence-electron chi connectivity index (χ0n) is 17.7. The molecule has 2 bridgehead atoms. The lowest BCUT2D eigenvalue weighted by Crippen LogP contribution is -2.59. The lowest BCUT2D eigenvalue weighted by Gasteiger charge is -2.52. The van der Waals surface area contributed by atoms with Gasteiger partial charge in [0.25, 0.3) is 0 Å². The van der Waals surface area contributed by atoms with Crippen LogP contribution in [0.3, 0.4) is 0 Å². The molecule has 0 amide bonds. The Kier molecular flexibility index (Phi) is 5.50. The number of piperidine rings is 3. The second-order valence-electron chi connectivity index (χ2n) is 8.85. The fraction of sp³-hybridized carbons (Fsp3) is 0.321. The summed E-state index contributed by atoms with van der Waals surface area (Å²) in [5.74, 6) is 1.02. The van der Waals surface area contributed by atoms with Crippen molar-refractivity contribution in [2.24, 2.45) is 10.9 Å². The van der Waals surface area contributed by atoms with Crippen LogP contribution in [0.5, 0.6) is 0 Å².